The third kappa shape index (κ3) is 5.49. The number of esters is 1. The Morgan fingerprint density at radius 3 is 2.21 bits per heavy atom. The normalized spacial score (nSPS) is 10.2. The summed E-state index contributed by atoms with van der Waals surface area (Å²) in [4.78, 5) is 47.7. The van der Waals surface area contributed by atoms with Gasteiger partial charge in [-0.15, -0.1) is 0 Å². The molecule has 0 saturated heterocycles. The molecule has 0 saturated carbocycles. The summed E-state index contributed by atoms with van der Waals surface area (Å²) in [5, 5.41) is 2.74. The van der Waals surface area contributed by atoms with Crippen LogP contribution in [0, 0.1) is 0 Å². The minimum Gasteiger partial charge on any atom is -0.456 e. The Bertz CT molecular complexity index is 1070. The maximum absolute atomic E-state index is 12.2. The number of ketones is 1. The molecule has 3 aromatic rings. The molecule has 1 heterocycles. The lowest BCUT2D eigenvalue weighted by Crippen LogP contribution is -2.25. The minimum absolute atomic E-state index is 0.255. The fourth-order valence-corrected chi connectivity index (χ4v) is 2.54. The number of carbonyl (C=O) groups is 3. The molecule has 7 heteroatoms. The summed E-state index contributed by atoms with van der Waals surface area (Å²) in [6, 6.07) is 19.6. The summed E-state index contributed by atoms with van der Waals surface area (Å²) < 4.78 is 6.14. The van der Waals surface area contributed by atoms with Gasteiger partial charge < -0.3 is 14.6 Å². The maximum atomic E-state index is 12.2. The van der Waals surface area contributed by atoms with E-state index in [1.165, 1.54) is 16.8 Å². The van der Waals surface area contributed by atoms with Gasteiger partial charge in [0, 0.05) is 29.1 Å². The van der Waals surface area contributed by atoms with Crippen LogP contribution in [-0.4, -0.2) is 28.8 Å². The number of hydrogen-bond acceptors (Lipinski definition) is 5. The van der Waals surface area contributed by atoms with Gasteiger partial charge in [-0.2, -0.15) is 0 Å². The summed E-state index contributed by atoms with van der Waals surface area (Å²) in [7, 11) is 0. The highest BCUT2D eigenvalue weighted by atomic mass is 16.5. The number of Topliss-reactive ketones (excluding diaryl/α,β-unsaturated/α-hetero) is 1. The predicted molar refractivity (Wildman–Crippen MR) is 107 cm³/mol. The van der Waals surface area contributed by atoms with Gasteiger partial charge in [-0.1, -0.05) is 24.3 Å². The smallest absolute Gasteiger partial charge is 0.326 e. The van der Waals surface area contributed by atoms with Gasteiger partial charge in [0.1, 0.15) is 6.54 Å². The second kappa shape index (κ2) is 9.27. The topological polar surface area (TPSA) is 94.5 Å². The van der Waals surface area contributed by atoms with Gasteiger partial charge in [0.05, 0.1) is 0 Å². The van der Waals surface area contributed by atoms with E-state index in [1.54, 1.807) is 60.7 Å². The summed E-state index contributed by atoms with van der Waals surface area (Å²) in [6.45, 7) is -0.701. The van der Waals surface area contributed by atoms with Crippen LogP contribution in [0.1, 0.15) is 20.7 Å². The molecule has 1 N–H and O–H groups in total. The molecule has 146 valence electrons. The van der Waals surface area contributed by atoms with Crippen LogP contribution >= 0.6 is 0 Å². The van der Waals surface area contributed by atoms with Gasteiger partial charge in [-0.3, -0.25) is 19.2 Å². The number of anilines is 1. The molecule has 1 amide bonds. The molecule has 0 aliphatic heterocycles. The standard InChI is InChI=1S/C22H18N2O5/c25-19(15-29-21(27)14-24-13-5-4-8-20(24)26)16-9-11-18(12-10-16)23-22(28)17-6-2-1-3-7-17/h1-13H,14-15H2,(H,23,28). The zero-order chi connectivity index (χ0) is 20.6. The lowest BCUT2D eigenvalue weighted by Gasteiger charge is -2.08. The van der Waals surface area contributed by atoms with E-state index in [9.17, 15) is 19.2 Å². The maximum Gasteiger partial charge on any atom is 0.326 e. The summed E-state index contributed by atoms with van der Waals surface area (Å²) in [6.07, 6.45) is 1.47. The van der Waals surface area contributed by atoms with Crippen LogP contribution in [0.3, 0.4) is 0 Å². The van der Waals surface area contributed by atoms with Crippen molar-refractivity contribution in [1.29, 1.82) is 0 Å². The first-order valence-electron chi connectivity index (χ1n) is 8.84. The summed E-state index contributed by atoms with van der Waals surface area (Å²) in [5.41, 5.74) is 1.07. The Hall–Kier alpha value is -4.00. The second-order valence-corrected chi connectivity index (χ2v) is 6.15. The Balaban J connectivity index is 1.52. The monoisotopic (exact) mass is 390 g/mol. The van der Waals surface area contributed by atoms with E-state index in [4.69, 9.17) is 4.74 Å². The van der Waals surface area contributed by atoms with E-state index in [1.807, 2.05) is 6.07 Å². The molecule has 0 spiro atoms. The van der Waals surface area contributed by atoms with Crippen LogP contribution < -0.4 is 10.9 Å². The predicted octanol–water partition coefficient (Wildman–Crippen LogP) is 2.53. The SMILES string of the molecule is O=C(Cn1ccccc1=O)OCC(=O)c1ccc(NC(=O)c2ccccc2)cc1. The van der Waals surface area contributed by atoms with Gasteiger partial charge in [0.2, 0.25) is 0 Å². The Kier molecular flexibility index (Phi) is 6.32. The number of hydrogen-bond donors (Lipinski definition) is 1. The average Bonchev–Trinajstić information content (AvgIpc) is 2.75. The molecule has 0 bridgehead atoms. The molecule has 0 unspecified atom stereocenters. The molecule has 0 fully saturated rings. The molecule has 0 atom stereocenters. The molecule has 3 rings (SSSR count). The average molecular weight is 390 g/mol. The molecule has 0 aliphatic carbocycles. The van der Waals surface area contributed by atoms with Gasteiger partial charge >= 0.3 is 5.97 Å². The first kappa shape index (κ1) is 19.8. The Labute approximate surface area is 166 Å². The highest BCUT2D eigenvalue weighted by molar-refractivity contribution is 6.04. The van der Waals surface area contributed by atoms with E-state index >= 15 is 0 Å². The lowest BCUT2D eigenvalue weighted by atomic mass is 10.1. The third-order valence-corrected chi connectivity index (χ3v) is 4.06. The number of pyridine rings is 1. The quantitative estimate of drug-likeness (QED) is 0.494. The lowest BCUT2D eigenvalue weighted by molar-refractivity contribution is -0.143. The van der Waals surface area contributed by atoms with E-state index in [-0.39, 0.29) is 23.8 Å². The molecule has 0 radical (unpaired) electrons. The van der Waals surface area contributed by atoms with Crippen LogP contribution in [-0.2, 0) is 16.1 Å². The number of ether oxygens (including phenoxy) is 1. The van der Waals surface area contributed by atoms with E-state index in [2.05, 4.69) is 5.32 Å². The first-order chi connectivity index (χ1) is 14.0. The van der Waals surface area contributed by atoms with Gasteiger partial charge in [-0.25, -0.2) is 0 Å². The van der Waals surface area contributed by atoms with Crippen molar-refractivity contribution in [2.24, 2.45) is 0 Å². The molecule has 29 heavy (non-hydrogen) atoms. The largest absolute Gasteiger partial charge is 0.456 e. The fraction of sp³-hybridized carbons (Fsp3) is 0.0909. The zero-order valence-corrected chi connectivity index (χ0v) is 15.4. The van der Waals surface area contributed by atoms with Crippen LogP contribution in [0.2, 0.25) is 0 Å². The van der Waals surface area contributed by atoms with Crippen molar-refractivity contribution < 1.29 is 19.1 Å². The molecule has 7 nitrogen and oxygen atoms in total. The number of carbonyl (C=O) groups excluding carboxylic acids is 3. The van der Waals surface area contributed by atoms with Crippen LogP contribution in [0.5, 0.6) is 0 Å². The van der Waals surface area contributed by atoms with Crippen LogP contribution in [0.15, 0.2) is 83.8 Å². The van der Waals surface area contributed by atoms with Crippen molar-refractivity contribution in [3.8, 4) is 0 Å². The van der Waals surface area contributed by atoms with E-state index in [0.29, 0.717) is 16.8 Å². The van der Waals surface area contributed by atoms with Crippen molar-refractivity contribution in [3.63, 3.8) is 0 Å². The van der Waals surface area contributed by atoms with Gasteiger partial charge in [0.25, 0.3) is 11.5 Å². The first-order valence-corrected chi connectivity index (χ1v) is 8.84. The van der Waals surface area contributed by atoms with Crippen molar-refractivity contribution in [3.05, 3.63) is 100 Å². The summed E-state index contributed by atoms with van der Waals surface area (Å²) in [5.74, 6) is -1.33. The Morgan fingerprint density at radius 1 is 0.828 bits per heavy atom. The second-order valence-electron chi connectivity index (χ2n) is 6.15. The van der Waals surface area contributed by atoms with Crippen molar-refractivity contribution in [2.45, 2.75) is 6.54 Å². The molecular weight excluding hydrogens is 372 g/mol. The number of rotatable bonds is 7. The van der Waals surface area contributed by atoms with Crippen molar-refractivity contribution in [2.75, 3.05) is 11.9 Å². The van der Waals surface area contributed by atoms with Crippen LogP contribution in [0.4, 0.5) is 5.69 Å². The highest BCUT2D eigenvalue weighted by Crippen LogP contribution is 2.12. The number of benzene rings is 2. The molecular formula is C22H18N2O5. The van der Waals surface area contributed by atoms with E-state index in [0.717, 1.165) is 0 Å². The molecule has 2 aromatic carbocycles. The van der Waals surface area contributed by atoms with Crippen molar-refractivity contribution >= 4 is 23.3 Å². The number of amides is 1. The number of aromatic nitrogens is 1. The minimum atomic E-state index is -0.682. The van der Waals surface area contributed by atoms with E-state index < -0.39 is 12.6 Å². The fourth-order valence-electron chi connectivity index (χ4n) is 2.54. The van der Waals surface area contributed by atoms with Crippen molar-refractivity contribution in [1.82, 2.24) is 4.57 Å². The molecule has 0 aliphatic rings. The molecule has 1 aromatic heterocycles. The van der Waals surface area contributed by atoms with Crippen LogP contribution in [0.25, 0.3) is 0 Å². The zero-order valence-electron chi connectivity index (χ0n) is 15.4. The van der Waals surface area contributed by atoms with Gasteiger partial charge in [0.15, 0.2) is 12.4 Å². The summed E-state index contributed by atoms with van der Waals surface area (Å²) >= 11 is 0. The number of nitrogens with one attached hydrogen (secondary N) is 1. The highest BCUT2D eigenvalue weighted by Gasteiger charge is 2.12. The third-order valence-electron chi connectivity index (χ3n) is 4.06. The Morgan fingerprint density at radius 2 is 1.52 bits per heavy atom. The van der Waals surface area contributed by atoms with Gasteiger partial charge in [-0.05, 0) is 42.5 Å². The number of nitrogens with zero attached hydrogens (tertiary/aromatic N) is 1.